The van der Waals surface area contributed by atoms with E-state index in [9.17, 15) is 4.79 Å². The van der Waals surface area contributed by atoms with E-state index >= 15 is 0 Å². The van der Waals surface area contributed by atoms with E-state index in [1.54, 1.807) is 0 Å². The number of carbonyl (C=O) groups excluding carboxylic acids is 1. The molecule has 1 saturated heterocycles. The first-order valence-corrected chi connectivity index (χ1v) is 6.62. The Labute approximate surface area is 90.4 Å². The highest BCUT2D eigenvalue weighted by Crippen LogP contribution is 2.15. The van der Waals surface area contributed by atoms with Crippen molar-refractivity contribution in [3.8, 4) is 0 Å². The summed E-state index contributed by atoms with van der Waals surface area (Å²) in [6.07, 6.45) is 3.16. The van der Waals surface area contributed by atoms with E-state index in [4.69, 9.17) is 0 Å². The lowest BCUT2D eigenvalue weighted by atomic mass is 9.88. The van der Waals surface area contributed by atoms with Gasteiger partial charge in [0, 0.05) is 12.5 Å². The van der Waals surface area contributed by atoms with Crippen molar-refractivity contribution in [2.45, 2.75) is 13.3 Å². The fourth-order valence-electron chi connectivity index (χ4n) is 1.47. The molecule has 4 heteroatoms. The number of rotatable bonds is 6. The molecule has 3 nitrogen and oxygen atoms in total. The fraction of sp³-hybridized carbons (Fsp3) is 0.900. The monoisotopic (exact) mass is 216 g/mol. The normalized spacial score (nSPS) is 18.7. The Morgan fingerprint density at radius 1 is 1.64 bits per heavy atom. The highest BCUT2D eigenvalue weighted by molar-refractivity contribution is 7.98. The van der Waals surface area contributed by atoms with Crippen LogP contribution in [0.25, 0.3) is 0 Å². The molecule has 0 spiro atoms. The quantitative estimate of drug-likeness (QED) is 0.643. The smallest absolute Gasteiger partial charge is 0.223 e. The molecule has 1 fully saturated rings. The summed E-state index contributed by atoms with van der Waals surface area (Å²) < 4.78 is 0. The topological polar surface area (TPSA) is 41.1 Å². The maximum atomic E-state index is 11.6. The second-order valence-corrected chi connectivity index (χ2v) is 4.83. The highest BCUT2D eigenvalue weighted by atomic mass is 32.2. The zero-order valence-electron chi connectivity index (χ0n) is 9.01. The molecule has 0 radical (unpaired) electrons. The Morgan fingerprint density at radius 3 is 2.86 bits per heavy atom. The lowest BCUT2D eigenvalue weighted by Gasteiger charge is -2.31. The lowest BCUT2D eigenvalue weighted by Crippen LogP contribution is -2.49. The minimum atomic E-state index is 0.172. The van der Waals surface area contributed by atoms with Gasteiger partial charge in [-0.2, -0.15) is 11.8 Å². The maximum absolute atomic E-state index is 11.6. The third kappa shape index (κ3) is 3.50. The summed E-state index contributed by atoms with van der Waals surface area (Å²) in [6, 6.07) is 0. The number of thioether (sulfide) groups is 1. The van der Waals surface area contributed by atoms with Gasteiger partial charge in [0.25, 0.3) is 0 Å². The van der Waals surface area contributed by atoms with Crippen molar-refractivity contribution >= 4 is 17.7 Å². The van der Waals surface area contributed by atoms with Gasteiger partial charge in [0.2, 0.25) is 5.91 Å². The van der Waals surface area contributed by atoms with Crippen molar-refractivity contribution < 1.29 is 4.79 Å². The number of amides is 1. The first-order valence-electron chi connectivity index (χ1n) is 5.23. The second kappa shape index (κ2) is 6.30. The standard InChI is InChI=1S/C10H20N2OS/c1-8(9-6-11-7-9)10(13)12-4-3-5-14-2/h8-9,11H,3-7H2,1-2H3,(H,12,13). The number of nitrogens with one attached hydrogen (secondary N) is 2. The second-order valence-electron chi connectivity index (χ2n) is 3.84. The molecule has 0 aliphatic carbocycles. The van der Waals surface area contributed by atoms with Crippen LogP contribution in [0, 0.1) is 11.8 Å². The summed E-state index contributed by atoms with van der Waals surface area (Å²) >= 11 is 1.82. The van der Waals surface area contributed by atoms with Crippen LogP contribution < -0.4 is 10.6 Å². The van der Waals surface area contributed by atoms with Gasteiger partial charge in [-0.3, -0.25) is 4.79 Å². The molecule has 1 aliphatic rings. The van der Waals surface area contributed by atoms with E-state index in [2.05, 4.69) is 16.9 Å². The molecular formula is C10H20N2OS. The van der Waals surface area contributed by atoms with Crippen LogP contribution in [0.3, 0.4) is 0 Å². The Hall–Kier alpha value is -0.220. The largest absolute Gasteiger partial charge is 0.356 e. The van der Waals surface area contributed by atoms with Crippen LogP contribution in [-0.4, -0.2) is 37.6 Å². The molecule has 14 heavy (non-hydrogen) atoms. The molecule has 0 saturated carbocycles. The van der Waals surface area contributed by atoms with Gasteiger partial charge in [0.15, 0.2) is 0 Å². The van der Waals surface area contributed by atoms with Gasteiger partial charge in [-0.25, -0.2) is 0 Å². The van der Waals surface area contributed by atoms with Gasteiger partial charge in [-0.1, -0.05) is 6.92 Å². The van der Waals surface area contributed by atoms with Crippen LogP contribution in [0.4, 0.5) is 0 Å². The van der Waals surface area contributed by atoms with Crippen molar-refractivity contribution in [1.82, 2.24) is 10.6 Å². The summed E-state index contributed by atoms with van der Waals surface area (Å²) in [7, 11) is 0. The molecule has 0 aromatic rings. The van der Waals surface area contributed by atoms with Crippen molar-refractivity contribution in [2.75, 3.05) is 31.6 Å². The first-order chi connectivity index (χ1) is 6.75. The summed E-state index contributed by atoms with van der Waals surface area (Å²) in [5.74, 6) is 2.07. The Kier molecular flexibility index (Phi) is 5.33. The van der Waals surface area contributed by atoms with E-state index in [-0.39, 0.29) is 11.8 Å². The number of carbonyl (C=O) groups is 1. The summed E-state index contributed by atoms with van der Waals surface area (Å²) in [5, 5.41) is 6.18. The van der Waals surface area contributed by atoms with E-state index in [1.807, 2.05) is 18.7 Å². The first kappa shape index (κ1) is 11.9. The Bertz CT molecular complexity index is 183. The van der Waals surface area contributed by atoms with Crippen molar-refractivity contribution in [3.63, 3.8) is 0 Å². The SMILES string of the molecule is CSCCCNC(=O)C(C)C1CNC1. The van der Waals surface area contributed by atoms with Crippen LogP contribution >= 0.6 is 11.8 Å². The summed E-state index contributed by atoms with van der Waals surface area (Å²) in [5.41, 5.74) is 0. The molecule has 82 valence electrons. The highest BCUT2D eigenvalue weighted by Gasteiger charge is 2.28. The maximum Gasteiger partial charge on any atom is 0.223 e. The average molecular weight is 216 g/mol. The molecule has 2 N–H and O–H groups in total. The predicted molar refractivity (Wildman–Crippen MR) is 61.5 cm³/mol. The van der Waals surface area contributed by atoms with Gasteiger partial charge >= 0.3 is 0 Å². The van der Waals surface area contributed by atoms with Crippen molar-refractivity contribution in [3.05, 3.63) is 0 Å². The van der Waals surface area contributed by atoms with Crippen LogP contribution in [0.15, 0.2) is 0 Å². The van der Waals surface area contributed by atoms with Crippen LogP contribution in [0.2, 0.25) is 0 Å². The molecule has 1 unspecified atom stereocenters. The Morgan fingerprint density at radius 2 is 2.36 bits per heavy atom. The minimum Gasteiger partial charge on any atom is -0.356 e. The van der Waals surface area contributed by atoms with Gasteiger partial charge in [0.1, 0.15) is 0 Å². The zero-order chi connectivity index (χ0) is 10.4. The third-order valence-corrected chi connectivity index (χ3v) is 3.46. The molecule has 0 aromatic carbocycles. The zero-order valence-corrected chi connectivity index (χ0v) is 9.82. The van der Waals surface area contributed by atoms with Gasteiger partial charge in [0.05, 0.1) is 0 Å². The fourth-order valence-corrected chi connectivity index (χ4v) is 1.90. The Balaban J connectivity index is 2.07. The van der Waals surface area contributed by atoms with E-state index in [1.165, 1.54) is 0 Å². The van der Waals surface area contributed by atoms with Crippen molar-refractivity contribution in [2.24, 2.45) is 11.8 Å². The molecule has 1 amide bonds. The van der Waals surface area contributed by atoms with Gasteiger partial charge in [-0.15, -0.1) is 0 Å². The van der Waals surface area contributed by atoms with Crippen LogP contribution in [0.5, 0.6) is 0 Å². The van der Waals surface area contributed by atoms with E-state index in [0.29, 0.717) is 5.92 Å². The average Bonchev–Trinajstić information content (AvgIpc) is 2.09. The molecule has 1 atom stereocenters. The molecule has 1 heterocycles. The molecule has 0 aromatic heterocycles. The van der Waals surface area contributed by atoms with Crippen LogP contribution in [-0.2, 0) is 4.79 Å². The predicted octanol–water partition coefficient (Wildman–Crippen LogP) is 0.711. The summed E-state index contributed by atoms with van der Waals surface area (Å²) in [4.78, 5) is 11.6. The van der Waals surface area contributed by atoms with E-state index < -0.39 is 0 Å². The molecule has 1 aliphatic heterocycles. The summed E-state index contributed by atoms with van der Waals surface area (Å²) in [6.45, 7) is 4.85. The van der Waals surface area contributed by atoms with Crippen LogP contribution in [0.1, 0.15) is 13.3 Å². The molecular weight excluding hydrogens is 196 g/mol. The molecule has 0 bridgehead atoms. The number of hydrogen-bond acceptors (Lipinski definition) is 3. The molecule has 1 rings (SSSR count). The van der Waals surface area contributed by atoms with Crippen molar-refractivity contribution in [1.29, 1.82) is 0 Å². The minimum absolute atomic E-state index is 0.172. The van der Waals surface area contributed by atoms with Gasteiger partial charge < -0.3 is 10.6 Å². The number of hydrogen-bond donors (Lipinski definition) is 2. The van der Waals surface area contributed by atoms with E-state index in [0.717, 1.165) is 31.8 Å². The van der Waals surface area contributed by atoms with Gasteiger partial charge in [-0.05, 0) is 37.4 Å². The lowest BCUT2D eigenvalue weighted by molar-refractivity contribution is -0.126. The third-order valence-electron chi connectivity index (χ3n) is 2.76.